The maximum atomic E-state index is 11.5. The van der Waals surface area contributed by atoms with Gasteiger partial charge in [-0.1, -0.05) is 35.4 Å². The standard InChI is InChI=1S/C21H21N5O2S/c1-29(28)13-17(22)19-6-3-5-18(25-19)14-8-9-15-11-23-26(20(15)10-14)21-7-2-4-16(12-27)24-21/h2-11,17,27H,12-13,22H2,1H3. The van der Waals surface area contributed by atoms with Gasteiger partial charge in [0.15, 0.2) is 5.82 Å². The molecular formula is C21H21N5O2S. The molecule has 3 heterocycles. The van der Waals surface area contributed by atoms with Crippen LogP contribution in [0.3, 0.4) is 0 Å². The van der Waals surface area contributed by atoms with Crippen molar-refractivity contribution in [1.29, 1.82) is 0 Å². The van der Waals surface area contributed by atoms with Gasteiger partial charge in [-0.2, -0.15) is 5.10 Å². The lowest BCUT2D eigenvalue weighted by Crippen LogP contribution is -2.21. The van der Waals surface area contributed by atoms with Crippen molar-refractivity contribution in [3.05, 3.63) is 72.2 Å². The Kier molecular flexibility index (Phi) is 5.59. The maximum Gasteiger partial charge on any atom is 0.154 e. The average molecular weight is 407 g/mol. The van der Waals surface area contributed by atoms with E-state index in [4.69, 9.17) is 5.73 Å². The van der Waals surface area contributed by atoms with Crippen LogP contribution in [0.15, 0.2) is 60.8 Å². The average Bonchev–Trinajstić information content (AvgIpc) is 3.16. The monoisotopic (exact) mass is 407 g/mol. The number of aromatic nitrogens is 4. The number of aliphatic hydroxyl groups is 1. The van der Waals surface area contributed by atoms with Crippen LogP contribution in [0.2, 0.25) is 0 Å². The number of rotatable bonds is 6. The van der Waals surface area contributed by atoms with Crippen molar-refractivity contribution in [3.63, 3.8) is 0 Å². The van der Waals surface area contributed by atoms with Crippen molar-refractivity contribution < 1.29 is 9.66 Å². The molecule has 0 amide bonds. The summed E-state index contributed by atoms with van der Waals surface area (Å²) in [4.78, 5) is 9.12. The Morgan fingerprint density at radius 1 is 1.14 bits per heavy atom. The summed E-state index contributed by atoms with van der Waals surface area (Å²) in [5.74, 6) is 1.01. The number of fused-ring (bicyclic) bond motifs is 1. The third-order valence-corrected chi connectivity index (χ3v) is 5.43. The Morgan fingerprint density at radius 3 is 2.76 bits per heavy atom. The minimum Gasteiger partial charge on any atom is -0.616 e. The van der Waals surface area contributed by atoms with E-state index in [0.29, 0.717) is 23.0 Å². The SMILES string of the molecule is C[S+]([O-])CC(N)c1cccc(-c2ccc3cnn(-c4cccc(CO)n4)c3c2)n1. The Balaban J connectivity index is 1.74. The first-order valence-corrected chi connectivity index (χ1v) is 10.9. The summed E-state index contributed by atoms with van der Waals surface area (Å²) < 4.78 is 13.2. The van der Waals surface area contributed by atoms with E-state index in [1.807, 2.05) is 48.5 Å². The molecule has 3 aromatic heterocycles. The third-order valence-electron chi connectivity index (χ3n) is 4.60. The lowest BCUT2D eigenvalue weighted by molar-refractivity contribution is 0.276. The van der Waals surface area contributed by atoms with Crippen LogP contribution >= 0.6 is 0 Å². The molecule has 0 aliphatic heterocycles. The second kappa shape index (κ2) is 8.30. The summed E-state index contributed by atoms with van der Waals surface area (Å²) in [5.41, 5.74) is 10.0. The molecule has 4 aromatic rings. The van der Waals surface area contributed by atoms with Crippen molar-refractivity contribution in [1.82, 2.24) is 19.7 Å². The van der Waals surface area contributed by atoms with E-state index in [9.17, 15) is 9.66 Å². The zero-order valence-electron chi connectivity index (χ0n) is 15.9. The van der Waals surface area contributed by atoms with Crippen molar-refractivity contribution in [2.45, 2.75) is 12.6 Å². The van der Waals surface area contributed by atoms with Crippen molar-refractivity contribution in [2.75, 3.05) is 12.0 Å². The predicted octanol–water partition coefficient (Wildman–Crippen LogP) is 2.35. The van der Waals surface area contributed by atoms with Crippen molar-refractivity contribution in [3.8, 4) is 17.1 Å². The molecule has 0 aliphatic carbocycles. The van der Waals surface area contributed by atoms with E-state index >= 15 is 0 Å². The van der Waals surface area contributed by atoms with Gasteiger partial charge in [0.2, 0.25) is 0 Å². The molecular weight excluding hydrogens is 386 g/mol. The van der Waals surface area contributed by atoms with Crippen molar-refractivity contribution >= 4 is 22.1 Å². The van der Waals surface area contributed by atoms with Gasteiger partial charge in [0.25, 0.3) is 0 Å². The number of pyridine rings is 2. The van der Waals surface area contributed by atoms with Gasteiger partial charge >= 0.3 is 0 Å². The lowest BCUT2D eigenvalue weighted by Gasteiger charge is -2.13. The molecule has 1 aromatic carbocycles. The van der Waals surface area contributed by atoms with Crippen LogP contribution in [0.1, 0.15) is 17.4 Å². The molecule has 0 saturated carbocycles. The Morgan fingerprint density at radius 2 is 1.97 bits per heavy atom. The molecule has 0 spiro atoms. The second-order valence-corrected chi connectivity index (χ2v) is 8.25. The number of hydrogen-bond acceptors (Lipinski definition) is 6. The molecule has 29 heavy (non-hydrogen) atoms. The maximum absolute atomic E-state index is 11.5. The first-order chi connectivity index (χ1) is 14.0. The van der Waals surface area contributed by atoms with Crippen LogP contribution in [-0.4, -0.2) is 41.4 Å². The molecule has 148 valence electrons. The highest BCUT2D eigenvalue weighted by molar-refractivity contribution is 7.90. The number of benzene rings is 1. The van der Waals surface area contributed by atoms with Crippen LogP contribution in [0.5, 0.6) is 0 Å². The molecule has 8 heteroatoms. The molecule has 0 radical (unpaired) electrons. The summed E-state index contributed by atoms with van der Waals surface area (Å²) in [6.45, 7) is -0.127. The van der Waals surface area contributed by atoms with Crippen LogP contribution < -0.4 is 5.73 Å². The normalized spacial score (nSPS) is 13.5. The third kappa shape index (κ3) is 4.15. The molecule has 3 N–H and O–H groups in total. The van der Waals surface area contributed by atoms with E-state index in [0.717, 1.165) is 22.2 Å². The van der Waals surface area contributed by atoms with Gasteiger partial charge in [-0.05, 0) is 30.3 Å². The topological polar surface area (TPSA) is 113 Å². The first kappa shape index (κ1) is 19.5. The summed E-state index contributed by atoms with van der Waals surface area (Å²) >= 11 is -0.989. The minimum absolute atomic E-state index is 0.127. The van der Waals surface area contributed by atoms with Crippen LogP contribution in [0.4, 0.5) is 0 Å². The largest absolute Gasteiger partial charge is 0.616 e. The molecule has 0 saturated heterocycles. The van der Waals surface area contributed by atoms with Gasteiger partial charge in [-0.3, -0.25) is 4.98 Å². The van der Waals surface area contributed by atoms with Gasteiger partial charge < -0.3 is 15.4 Å². The highest BCUT2D eigenvalue weighted by atomic mass is 32.2. The molecule has 2 atom stereocenters. The van der Waals surface area contributed by atoms with Crippen LogP contribution in [0.25, 0.3) is 28.0 Å². The van der Waals surface area contributed by atoms with Gasteiger partial charge in [0.1, 0.15) is 5.75 Å². The van der Waals surface area contributed by atoms with Gasteiger partial charge in [-0.15, -0.1) is 0 Å². The number of nitrogens with zero attached hydrogens (tertiary/aromatic N) is 4. The fraction of sp³-hybridized carbons (Fsp3) is 0.190. The smallest absolute Gasteiger partial charge is 0.154 e. The van der Waals surface area contributed by atoms with Gasteiger partial charge in [0, 0.05) is 10.9 Å². The molecule has 0 fully saturated rings. The highest BCUT2D eigenvalue weighted by Crippen LogP contribution is 2.25. The van der Waals surface area contributed by atoms with E-state index in [2.05, 4.69) is 15.1 Å². The summed E-state index contributed by atoms with van der Waals surface area (Å²) in [5, 5.41) is 14.8. The number of nitrogens with two attached hydrogens (primary N) is 1. The fourth-order valence-corrected chi connectivity index (χ4v) is 3.87. The summed E-state index contributed by atoms with van der Waals surface area (Å²) in [6, 6.07) is 16.7. The van der Waals surface area contributed by atoms with E-state index < -0.39 is 11.2 Å². The number of aliphatic hydroxyl groups excluding tert-OH is 1. The molecule has 0 aliphatic rings. The van der Waals surface area contributed by atoms with Gasteiger partial charge in [0.05, 0.1) is 47.7 Å². The molecule has 2 unspecified atom stereocenters. The first-order valence-electron chi connectivity index (χ1n) is 9.13. The molecule has 7 nitrogen and oxygen atoms in total. The Bertz CT molecular complexity index is 1140. The van der Waals surface area contributed by atoms with Crippen LogP contribution in [0, 0.1) is 0 Å². The lowest BCUT2D eigenvalue weighted by atomic mass is 10.1. The van der Waals surface area contributed by atoms with E-state index in [-0.39, 0.29) is 12.6 Å². The summed E-state index contributed by atoms with van der Waals surface area (Å²) in [7, 11) is 0. The molecule has 0 bridgehead atoms. The fourth-order valence-electron chi connectivity index (χ4n) is 3.19. The van der Waals surface area contributed by atoms with Crippen LogP contribution in [-0.2, 0) is 17.8 Å². The molecule has 4 rings (SSSR count). The quantitative estimate of drug-likeness (QED) is 0.475. The summed E-state index contributed by atoms with van der Waals surface area (Å²) in [6.07, 6.45) is 3.42. The second-order valence-electron chi connectivity index (χ2n) is 6.77. The predicted molar refractivity (Wildman–Crippen MR) is 114 cm³/mol. The zero-order valence-corrected chi connectivity index (χ0v) is 16.7. The minimum atomic E-state index is -0.989. The van der Waals surface area contributed by atoms with Gasteiger partial charge in [-0.25, -0.2) is 9.67 Å². The highest BCUT2D eigenvalue weighted by Gasteiger charge is 2.15. The Hall–Kier alpha value is -2.78. The van der Waals surface area contributed by atoms with E-state index in [1.165, 1.54) is 0 Å². The zero-order chi connectivity index (χ0) is 20.4. The van der Waals surface area contributed by atoms with Crippen molar-refractivity contribution in [2.24, 2.45) is 5.73 Å². The van der Waals surface area contributed by atoms with E-state index in [1.54, 1.807) is 23.2 Å². The Labute approximate surface area is 171 Å². The number of hydrogen-bond donors (Lipinski definition) is 2.